The Balaban J connectivity index is 1.95. The average Bonchev–Trinajstić information content (AvgIpc) is 2.89. The highest BCUT2D eigenvalue weighted by molar-refractivity contribution is 5.86. The van der Waals surface area contributed by atoms with Crippen LogP contribution in [-0.4, -0.2) is 55.4 Å². The minimum atomic E-state index is -0.729. The number of rotatable bonds is 4. The molecule has 2 heterocycles. The molecule has 2 saturated heterocycles. The van der Waals surface area contributed by atoms with Crippen molar-refractivity contribution in [2.24, 2.45) is 5.73 Å². The van der Waals surface area contributed by atoms with Crippen LogP contribution in [0.3, 0.4) is 0 Å². The number of carbonyl (C=O) groups is 1. The minimum Gasteiger partial charge on any atom is -0.381 e. The Morgan fingerprint density at radius 1 is 1.39 bits per heavy atom. The molecule has 0 saturated carbocycles. The third-order valence-electron chi connectivity index (χ3n) is 3.93. The van der Waals surface area contributed by atoms with Crippen LogP contribution in [0, 0.1) is 0 Å². The van der Waals surface area contributed by atoms with Gasteiger partial charge in [-0.1, -0.05) is 0 Å². The van der Waals surface area contributed by atoms with Gasteiger partial charge in [0, 0.05) is 32.9 Å². The van der Waals surface area contributed by atoms with Crippen LogP contribution in [0.25, 0.3) is 0 Å². The standard InChI is InChI=1S/C13H24N2O3/c1-2-15(10-11-4-3-7-18-11)12(16)13(14)5-8-17-9-6-13/h11H,2-10,14H2,1H3. The molecule has 5 heteroatoms. The largest absolute Gasteiger partial charge is 0.381 e. The zero-order valence-electron chi connectivity index (χ0n) is 11.2. The summed E-state index contributed by atoms with van der Waals surface area (Å²) in [6, 6.07) is 0. The normalized spacial score (nSPS) is 27.1. The number of likely N-dealkylation sites (N-methyl/N-ethyl adjacent to an activating group) is 1. The molecular weight excluding hydrogens is 232 g/mol. The molecule has 18 heavy (non-hydrogen) atoms. The van der Waals surface area contributed by atoms with Gasteiger partial charge in [0.1, 0.15) is 0 Å². The summed E-state index contributed by atoms with van der Waals surface area (Å²) in [5.41, 5.74) is 5.51. The lowest BCUT2D eigenvalue weighted by molar-refractivity contribution is -0.141. The van der Waals surface area contributed by atoms with Crippen LogP contribution in [0.5, 0.6) is 0 Å². The van der Waals surface area contributed by atoms with Crippen LogP contribution < -0.4 is 5.73 Å². The molecular formula is C13H24N2O3. The fourth-order valence-corrected chi connectivity index (χ4v) is 2.65. The van der Waals surface area contributed by atoms with Crippen LogP contribution in [-0.2, 0) is 14.3 Å². The molecule has 2 aliphatic rings. The van der Waals surface area contributed by atoms with E-state index < -0.39 is 5.54 Å². The Bertz CT molecular complexity index is 284. The zero-order valence-corrected chi connectivity index (χ0v) is 11.2. The topological polar surface area (TPSA) is 64.8 Å². The number of amides is 1. The Labute approximate surface area is 109 Å². The first kappa shape index (κ1) is 13.8. The summed E-state index contributed by atoms with van der Waals surface area (Å²) < 4.78 is 10.9. The molecule has 0 bridgehead atoms. The number of nitrogens with zero attached hydrogens (tertiary/aromatic N) is 1. The number of hydrogen-bond acceptors (Lipinski definition) is 4. The highest BCUT2D eigenvalue weighted by Gasteiger charge is 2.39. The second-order valence-corrected chi connectivity index (χ2v) is 5.25. The molecule has 0 aromatic rings. The van der Waals surface area contributed by atoms with Crippen molar-refractivity contribution in [3.8, 4) is 0 Å². The van der Waals surface area contributed by atoms with Gasteiger partial charge in [-0.15, -0.1) is 0 Å². The number of ether oxygens (including phenoxy) is 2. The number of hydrogen-bond donors (Lipinski definition) is 1. The molecule has 0 aliphatic carbocycles. The van der Waals surface area contributed by atoms with E-state index in [-0.39, 0.29) is 12.0 Å². The van der Waals surface area contributed by atoms with Crippen LogP contribution in [0.2, 0.25) is 0 Å². The lowest BCUT2D eigenvalue weighted by atomic mass is 9.89. The third kappa shape index (κ3) is 3.02. The molecule has 1 unspecified atom stereocenters. The summed E-state index contributed by atoms with van der Waals surface area (Å²) in [6.45, 7) is 5.35. The van der Waals surface area contributed by atoms with Crippen molar-refractivity contribution in [1.82, 2.24) is 4.90 Å². The Hall–Kier alpha value is -0.650. The van der Waals surface area contributed by atoms with Crippen LogP contribution in [0.1, 0.15) is 32.6 Å². The van der Waals surface area contributed by atoms with Gasteiger partial charge in [0.05, 0.1) is 11.6 Å². The van der Waals surface area contributed by atoms with E-state index in [0.29, 0.717) is 39.1 Å². The van der Waals surface area contributed by atoms with Crippen molar-refractivity contribution in [3.63, 3.8) is 0 Å². The van der Waals surface area contributed by atoms with Crippen molar-refractivity contribution in [1.29, 1.82) is 0 Å². The van der Waals surface area contributed by atoms with Gasteiger partial charge in [-0.2, -0.15) is 0 Å². The number of carbonyl (C=O) groups excluding carboxylic acids is 1. The van der Waals surface area contributed by atoms with E-state index >= 15 is 0 Å². The van der Waals surface area contributed by atoms with Gasteiger partial charge in [-0.05, 0) is 32.6 Å². The van der Waals surface area contributed by atoms with Crippen molar-refractivity contribution >= 4 is 5.91 Å². The first-order valence-corrected chi connectivity index (χ1v) is 6.93. The summed E-state index contributed by atoms with van der Waals surface area (Å²) in [7, 11) is 0. The van der Waals surface area contributed by atoms with E-state index in [0.717, 1.165) is 19.4 Å². The van der Waals surface area contributed by atoms with Crippen LogP contribution >= 0.6 is 0 Å². The van der Waals surface area contributed by atoms with Gasteiger partial charge in [0.25, 0.3) is 0 Å². The van der Waals surface area contributed by atoms with Gasteiger partial charge >= 0.3 is 0 Å². The van der Waals surface area contributed by atoms with Gasteiger partial charge in [0.2, 0.25) is 5.91 Å². The van der Waals surface area contributed by atoms with Crippen LogP contribution in [0.4, 0.5) is 0 Å². The van der Waals surface area contributed by atoms with Crippen LogP contribution in [0.15, 0.2) is 0 Å². The summed E-state index contributed by atoms with van der Waals surface area (Å²) >= 11 is 0. The second-order valence-electron chi connectivity index (χ2n) is 5.25. The molecule has 0 radical (unpaired) electrons. The molecule has 2 aliphatic heterocycles. The summed E-state index contributed by atoms with van der Waals surface area (Å²) in [4.78, 5) is 14.4. The monoisotopic (exact) mass is 256 g/mol. The van der Waals surface area contributed by atoms with Crippen molar-refractivity contribution in [3.05, 3.63) is 0 Å². The van der Waals surface area contributed by atoms with E-state index in [4.69, 9.17) is 15.2 Å². The third-order valence-corrected chi connectivity index (χ3v) is 3.93. The predicted molar refractivity (Wildman–Crippen MR) is 68.2 cm³/mol. The highest BCUT2D eigenvalue weighted by Crippen LogP contribution is 2.22. The molecule has 5 nitrogen and oxygen atoms in total. The van der Waals surface area contributed by atoms with E-state index in [1.165, 1.54) is 0 Å². The SMILES string of the molecule is CCN(CC1CCCO1)C(=O)C1(N)CCOCC1. The zero-order chi connectivity index (χ0) is 13.0. The van der Waals surface area contributed by atoms with E-state index in [1.54, 1.807) is 0 Å². The Morgan fingerprint density at radius 3 is 2.67 bits per heavy atom. The van der Waals surface area contributed by atoms with Gasteiger partial charge in [0.15, 0.2) is 0 Å². The van der Waals surface area contributed by atoms with Gasteiger partial charge in [-0.3, -0.25) is 4.79 Å². The van der Waals surface area contributed by atoms with Crippen molar-refractivity contribution in [2.75, 3.05) is 32.9 Å². The van der Waals surface area contributed by atoms with E-state index in [1.807, 2.05) is 11.8 Å². The molecule has 104 valence electrons. The Kier molecular flexibility index (Phi) is 4.59. The maximum Gasteiger partial charge on any atom is 0.242 e. The second kappa shape index (κ2) is 5.99. The number of nitrogens with two attached hydrogens (primary N) is 1. The molecule has 1 amide bonds. The fraction of sp³-hybridized carbons (Fsp3) is 0.923. The fourth-order valence-electron chi connectivity index (χ4n) is 2.65. The summed E-state index contributed by atoms with van der Waals surface area (Å²) in [5.74, 6) is 0.0591. The first-order chi connectivity index (χ1) is 8.65. The molecule has 2 fully saturated rings. The van der Waals surface area contributed by atoms with E-state index in [2.05, 4.69) is 0 Å². The minimum absolute atomic E-state index is 0.0591. The maximum atomic E-state index is 12.5. The Morgan fingerprint density at radius 2 is 2.11 bits per heavy atom. The lowest BCUT2D eigenvalue weighted by Crippen LogP contribution is -2.58. The molecule has 0 aromatic carbocycles. The van der Waals surface area contributed by atoms with Crippen molar-refractivity contribution < 1.29 is 14.3 Å². The van der Waals surface area contributed by atoms with Gasteiger partial charge in [-0.25, -0.2) is 0 Å². The molecule has 1 atom stereocenters. The smallest absolute Gasteiger partial charge is 0.242 e. The maximum absolute atomic E-state index is 12.5. The predicted octanol–water partition coefficient (Wildman–Crippen LogP) is 0.522. The van der Waals surface area contributed by atoms with E-state index in [9.17, 15) is 4.79 Å². The highest BCUT2D eigenvalue weighted by atomic mass is 16.5. The van der Waals surface area contributed by atoms with Gasteiger partial charge < -0.3 is 20.1 Å². The summed E-state index contributed by atoms with van der Waals surface area (Å²) in [6.07, 6.45) is 3.57. The first-order valence-electron chi connectivity index (χ1n) is 6.93. The molecule has 2 N–H and O–H groups in total. The average molecular weight is 256 g/mol. The molecule has 0 aromatic heterocycles. The quantitative estimate of drug-likeness (QED) is 0.796. The molecule has 0 spiro atoms. The molecule has 2 rings (SSSR count). The van der Waals surface area contributed by atoms with Crippen molar-refractivity contribution in [2.45, 2.75) is 44.2 Å². The summed E-state index contributed by atoms with van der Waals surface area (Å²) in [5, 5.41) is 0. The lowest BCUT2D eigenvalue weighted by Gasteiger charge is -2.37.